The zero-order valence-corrected chi connectivity index (χ0v) is 10.7. The predicted molar refractivity (Wildman–Crippen MR) is 67.9 cm³/mol. The molecule has 0 spiro atoms. The Morgan fingerprint density at radius 3 is 2.82 bits per heavy atom. The molecule has 0 aromatic heterocycles. The second-order valence-electron chi connectivity index (χ2n) is 4.54. The van der Waals surface area contributed by atoms with Gasteiger partial charge in [0.2, 0.25) is 0 Å². The SMILES string of the molecule is COc1ccc(N)c(CC2CCS(=O)(=O)C2)c1. The minimum absolute atomic E-state index is 0.189. The van der Waals surface area contributed by atoms with E-state index in [0.717, 1.165) is 17.7 Å². The fraction of sp³-hybridized carbons (Fsp3) is 0.500. The second kappa shape index (κ2) is 4.56. The Kier molecular flexibility index (Phi) is 3.28. The summed E-state index contributed by atoms with van der Waals surface area (Å²) in [5.41, 5.74) is 7.57. The summed E-state index contributed by atoms with van der Waals surface area (Å²) >= 11 is 0. The molecule has 2 N–H and O–H groups in total. The first-order chi connectivity index (χ1) is 8.00. The number of benzene rings is 1. The van der Waals surface area contributed by atoms with Gasteiger partial charge in [0, 0.05) is 5.69 Å². The largest absolute Gasteiger partial charge is 0.497 e. The van der Waals surface area contributed by atoms with Crippen molar-refractivity contribution in [1.29, 1.82) is 0 Å². The number of rotatable bonds is 3. The van der Waals surface area contributed by atoms with Gasteiger partial charge in [0.15, 0.2) is 9.84 Å². The number of nitrogen functional groups attached to an aromatic ring is 1. The van der Waals surface area contributed by atoms with Crippen molar-refractivity contribution in [3.8, 4) is 5.75 Å². The molecule has 5 heteroatoms. The Morgan fingerprint density at radius 2 is 2.24 bits per heavy atom. The Hall–Kier alpha value is -1.23. The zero-order valence-electron chi connectivity index (χ0n) is 9.85. The number of anilines is 1. The fourth-order valence-electron chi connectivity index (χ4n) is 2.23. The minimum Gasteiger partial charge on any atom is -0.497 e. The summed E-state index contributed by atoms with van der Waals surface area (Å²) in [6.45, 7) is 0. The summed E-state index contributed by atoms with van der Waals surface area (Å²) in [4.78, 5) is 0. The molecule has 0 saturated carbocycles. The summed E-state index contributed by atoms with van der Waals surface area (Å²) < 4.78 is 27.9. The topological polar surface area (TPSA) is 69.4 Å². The molecule has 0 amide bonds. The van der Waals surface area contributed by atoms with Crippen LogP contribution < -0.4 is 10.5 Å². The molecule has 1 atom stereocenters. The van der Waals surface area contributed by atoms with Crippen molar-refractivity contribution in [1.82, 2.24) is 0 Å². The standard InChI is InChI=1S/C12H17NO3S/c1-16-11-2-3-12(13)10(7-11)6-9-4-5-17(14,15)8-9/h2-3,7,9H,4-6,8,13H2,1H3. The van der Waals surface area contributed by atoms with Crippen molar-refractivity contribution >= 4 is 15.5 Å². The van der Waals surface area contributed by atoms with E-state index in [0.29, 0.717) is 17.9 Å². The molecular formula is C12H17NO3S. The smallest absolute Gasteiger partial charge is 0.150 e. The average molecular weight is 255 g/mol. The van der Waals surface area contributed by atoms with E-state index in [-0.39, 0.29) is 11.7 Å². The van der Waals surface area contributed by atoms with Crippen LogP contribution in [0.25, 0.3) is 0 Å². The highest BCUT2D eigenvalue weighted by Crippen LogP contribution is 2.27. The van der Waals surface area contributed by atoms with Crippen LogP contribution in [0.4, 0.5) is 5.69 Å². The Morgan fingerprint density at radius 1 is 1.47 bits per heavy atom. The predicted octanol–water partition coefficient (Wildman–Crippen LogP) is 1.25. The van der Waals surface area contributed by atoms with Gasteiger partial charge in [0.05, 0.1) is 18.6 Å². The van der Waals surface area contributed by atoms with Crippen LogP contribution in [0.15, 0.2) is 18.2 Å². The van der Waals surface area contributed by atoms with E-state index in [1.165, 1.54) is 0 Å². The van der Waals surface area contributed by atoms with Crippen LogP contribution in [0.1, 0.15) is 12.0 Å². The van der Waals surface area contributed by atoms with Gasteiger partial charge in [-0.2, -0.15) is 0 Å². The van der Waals surface area contributed by atoms with Crippen LogP contribution in [-0.4, -0.2) is 27.0 Å². The van der Waals surface area contributed by atoms with Crippen LogP contribution in [0.5, 0.6) is 5.75 Å². The molecule has 1 fully saturated rings. The van der Waals surface area contributed by atoms with Crippen molar-refractivity contribution < 1.29 is 13.2 Å². The van der Waals surface area contributed by atoms with E-state index in [2.05, 4.69) is 0 Å². The van der Waals surface area contributed by atoms with Gasteiger partial charge >= 0.3 is 0 Å². The monoisotopic (exact) mass is 255 g/mol. The Balaban J connectivity index is 2.13. The molecule has 1 aromatic carbocycles. The summed E-state index contributed by atoms with van der Waals surface area (Å²) in [6, 6.07) is 5.50. The highest BCUT2D eigenvalue weighted by atomic mass is 32.2. The number of nitrogens with two attached hydrogens (primary N) is 1. The van der Waals surface area contributed by atoms with Gasteiger partial charge in [0.1, 0.15) is 5.75 Å². The normalized spacial score (nSPS) is 22.5. The molecule has 1 saturated heterocycles. The van der Waals surface area contributed by atoms with Gasteiger partial charge in [-0.05, 0) is 42.5 Å². The molecule has 0 radical (unpaired) electrons. The number of sulfone groups is 1. The Labute approximate surface area is 102 Å². The van der Waals surface area contributed by atoms with Gasteiger partial charge < -0.3 is 10.5 Å². The van der Waals surface area contributed by atoms with E-state index >= 15 is 0 Å². The lowest BCUT2D eigenvalue weighted by atomic mass is 9.97. The fourth-order valence-corrected chi connectivity index (χ4v) is 4.09. The maximum Gasteiger partial charge on any atom is 0.150 e. The highest BCUT2D eigenvalue weighted by molar-refractivity contribution is 7.91. The molecule has 4 nitrogen and oxygen atoms in total. The van der Waals surface area contributed by atoms with E-state index in [1.54, 1.807) is 13.2 Å². The van der Waals surface area contributed by atoms with Gasteiger partial charge in [-0.3, -0.25) is 0 Å². The first-order valence-electron chi connectivity index (χ1n) is 5.63. The van der Waals surface area contributed by atoms with Crippen molar-refractivity contribution in [3.05, 3.63) is 23.8 Å². The van der Waals surface area contributed by atoms with E-state index in [1.807, 2.05) is 12.1 Å². The summed E-state index contributed by atoms with van der Waals surface area (Å²) in [6.07, 6.45) is 1.45. The van der Waals surface area contributed by atoms with Crippen LogP contribution in [0.3, 0.4) is 0 Å². The summed E-state index contributed by atoms with van der Waals surface area (Å²) in [5.74, 6) is 1.54. The van der Waals surface area contributed by atoms with Crippen molar-refractivity contribution in [2.45, 2.75) is 12.8 Å². The molecule has 17 heavy (non-hydrogen) atoms. The molecule has 1 aliphatic heterocycles. The van der Waals surface area contributed by atoms with Crippen molar-refractivity contribution in [2.24, 2.45) is 5.92 Å². The third kappa shape index (κ3) is 2.91. The summed E-state index contributed by atoms with van der Waals surface area (Å²) in [5, 5.41) is 0. The third-order valence-electron chi connectivity index (χ3n) is 3.19. The first-order valence-corrected chi connectivity index (χ1v) is 7.45. The molecular weight excluding hydrogens is 238 g/mol. The lowest BCUT2D eigenvalue weighted by Gasteiger charge is -2.11. The molecule has 1 heterocycles. The van der Waals surface area contributed by atoms with Gasteiger partial charge in [0.25, 0.3) is 0 Å². The lowest BCUT2D eigenvalue weighted by molar-refractivity contribution is 0.414. The number of hydrogen-bond acceptors (Lipinski definition) is 4. The van der Waals surface area contributed by atoms with Crippen LogP contribution in [0.2, 0.25) is 0 Å². The molecule has 0 aliphatic carbocycles. The molecule has 2 rings (SSSR count). The molecule has 0 bridgehead atoms. The maximum atomic E-state index is 11.4. The quantitative estimate of drug-likeness (QED) is 0.825. The lowest BCUT2D eigenvalue weighted by Crippen LogP contribution is -2.09. The van der Waals surface area contributed by atoms with Crippen LogP contribution in [0, 0.1) is 5.92 Å². The number of hydrogen-bond donors (Lipinski definition) is 1. The highest BCUT2D eigenvalue weighted by Gasteiger charge is 2.28. The summed E-state index contributed by atoms with van der Waals surface area (Å²) in [7, 11) is -1.21. The second-order valence-corrected chi connectivity index (χ2v) is 6.77. The van der Waals surface area contributed by atoms with Gasteiger partial charge in [-0.15, -0.1) is 0 Å². The molecule has 94 valence electrons. The third-order valence-corrected chi connectivity index (χ3v) is 5.02. The van der Waals surface area contributed by atoms with Crippen LogP contribution in [-0.2, 0) is 16.3 Å². The number of ether oxygens (including phenoxy) is 1. The molecule has 1 unspecified atom stereocenters. The van der Waals surface area contributed by atoms with Crippen LogP contribution >= 0.6 is 0 Å². The van der Waals surface area contributed by atoms with E-state index < -0.39 is 9.84 Å². The molecule has 1 aliphatic rings. The minimum atomic E-state index is -2.82. The average Bonchev–Trinajstić information content (AvgIpc) is 2.61. The van der Waals surface area contributed by atoms with Crippen molar-refractivity contribution in [3.63, 3.8) is 0 Å². The van der Waals surface area contributed by atoms with Crippen molar-refractivity contribution in [2.75, 3.05) is 24.3 Å². The van der Waals surface area contributed by atoms with Gasteiger partial charge in [-0.1, -0.05) is 0 Å². The number of methoxy groups -OCH3 is 1. The Bertz CT molecular complexity index is 510. The zero-order chi connectivity index (χ0) is 12.5. The first kappa shape index (κ1) is 12.2. The maximum absolute atomic E-state index is 11.4. The van der Waals surface area contributed by atoms with Gasteiger partial charge in [-0.25, -0.2) is 8.42 Å². The van der Waals surface area contributed by atoms with E-state index in [4.69, 9.17) is 10.5 Å². The molecule has 1 aromatic rings. The van der Waals surface area contributed by atoms with E-state index in [9.17, 15) is 8.42 Å².